The van der Waals surface area contributed by atoms with Crippen molar-refractivity contribution in [2.75, 3.05) is 18.4 Å². The Balaban J connectivity index is 1.80. The second-order valence-electron chi connectivity index (χ2n) is 6.00. The van der Waals surface area contributed by atoms with Crippen molar-refractivity contribution in [1.29, 1.82) is 0 Å². The van der Waals surface area contributed by atoms with E-state index in [-0.39, 0.29) is 10.1 Å². The lowest BCUT2D eigenvalue weighted by Crippen LogP contribution is -2.27. The minimum atomic E-state index is -3.47. The highest BCUT2D eigenvalue weighted by atomic mass is 32.2. The Kier molecular flexibility index (Phi) is 4.76. The maximum Gasteiger partial charge on any atom is 0.265 e. The van der Waals surface area contributed by atoms with Crippen LogP contribution in [-0.4, -0.2) is 31.7 Å². The van der Waals surface area contributed by atoms with Crippen molar-refractivity contribution in [2.24, 2.45) is 0 Å². The number of thiophene rings is 1. The average Bonchev–Trinajstić information content (AvgIpc) is 3.22. The number of benzene rings is 1. The highest BCUT2D eigenvalue weighted by Gasteiger charge is 2.29. The molecule has 0 unspecified atom stereocenters. The number of carbonyl (C=O) groups excluding carboxylic acids is 1. The number of nitrogens with one attached hydrogen (secondary N) is 1. The molecule has 1 amide bonds. The molecular weight excluding hydrogens is 344 g/mol. The van der Waals surface area contributed by atoms with E-state index in [1.807, 2.05) is 32.0 Å². The summed E-state index contributed by atoms with van der Waals surface area (Å²) in [6.07, 6.45) is 1.79. The lowest BCUT2D eigenvalue weighted by molar-refractivity contribution is 0.103. The fourth-order valence-corrected chi connectivity index (χ4v) is 5.56. The lowest BCUT2D eigenvalue weighted by atomic mass is 10.1. The number of carbonyl (C=O) groups is 1. The SMILES string of the molecule is Cc1ccc(C)c(NC(=O)c2ccc(S(=O)(=O)N3CCCC3)s2)c1. The standard InChI is InChI=1S/C17H20N2O3S2/c1-12-5-6-13(2)14(11-12)18-17(20)15-7-8-16(23-15)24(21,22)19-9-3-4-10-19/h5-8,11H,3-4,9-10H2,1-2H3,(H,18,20). The highest BCUT2D eigenvalue weighted by Crippen LogP contribution is 2.28. The molecule has 0 bridgehead atoms. The summed E-state index contributed by atoms with van der Waals surface area (Å²) in [4.78, 5) is 12.8. The monoisotopic (exact) mass is 364 g/mol. The molecule has 1 aromatic carbocycles. The van der Waals surface area contributed by atoms with Crippen molar-refractivity contribution >= 4 is 33.0 Å². The molecule has 1 aliphatic rings. The first kappa shape index (κ1) is 17.1. The summed E-state index contributed by atoms with van der Waals surface area (Å²) in [5.74, 6) is -0.281. The summed E-state index contributed by atoms with van der Waals surface area (Å²) in [6, 6.07) is 8.94. The van der Waals surface area contributed by atoms with Gasteiger partial charge in [0.05, 0.1) is 4.88 Å². The van der Waals surface area contributed by atoms with E-state index in [9.17, 15) is 13.2 Å². The molecule has 1 N–H and O–H groups in total. The second-order valence-corrected chi connectivity index (χ2v) is 9.25. The minimum Gasteiger partial charge on any atom is -0.321 e. The van der Waals surface area contributed by atoms with Crippen LogP contribution in [0.15, 0.2) is 34.5 Å². The molecule has 1 aromatic heterocycles. The number of anilines is 1. The van der Waals surface area contributed by atoms with Gasteiger partial charge >= 0.3 is 0 Å². The van der Waals surface area contributed by atoms with Gasteiger partial charge in [-0.2, -0.15) is 4.31 Å². The van der Waals surface area contributed by atoms with Gasteiger partial charge in [-0.05, 0) is 56.0 Å². The summed E-state index contributed by atoms with van der Waals surface area (Å²) in [6.45, 7) is 5.00. The van der Waals surface area contributed by atoms with Gasteiger partial charge in [-0.3, -0.25) is 4.79 Å². The second kappa shape index (κ2) is 6.66. The normalized spacial score (nSPS) is 15.6. The van der Waals surface area contributed by atoms with Crippen LogP contribution in [0.25, 0.3) is 0 Å². The average molecular weight is 364 g/mol. The van der Waals surface area contributed by atoms with Crippen molar-refractivity contribution in [3.63, 3.8) is 0 Å². The molecule has 0 atom stereocenters. The molecule has 0 saturated carbocycles. The molecule has 5 nitrogen and oxygen atoms in total. The maximum absolute atomic E-state index is 12.5. The first-order chi connectivity index (χ1) is 11.4. The number of nitrogens with zero attached hydrogens (tertiary/aromatic N) is 1. The van der Waals surface area contributed by atoms with Crippen LogP contribution in [0.3, 0.4) is 0 Å². The molecule has 128 valence electrons. The van der Waals surface area contributed by atoms with Gasteiger partial charge in [-0.1, -0.05) is 12.1 Å². The number of sulfonamides is 1. The predicted octanol–water partition coefficient (Wildman–Crippen LogP) is 3.40. The third-order valence-corrected chi connectivity index (χ3v) is 7.56. The topological polar surface area (TPSA) is 66.5 Å². The number of rotatable bonds is 4. The van der Waals surface area contributed by atoms with Gasteiger partial charge in [-0.15, -0.1) is 11.3 Å². The Morgan fingerprint density at radius 1 is 1.12 bits per heavy atom. The highest BCUT2D eigenvalue weighted by molar-refractivity contribution is 7.91. The zero-order valence-corrected chi connectivity index (χ0v) is 15.3. The van der Waals surface area contributed by atoms with Crippen LogP contribution in [-0.2, 0) is 10.0 Å². The first-order valence-electron chi connectivity index (χ1n) is 7.86. The van der Waals surface area contributed by atoms with Crippen LogP contribution in [0.4, 0.5) is 5.69 Å². The van der Waals surface area contributed by atoms with E-state index in [1.54, 1.807) is 6.07 Å². The van der Waals surface area contributed by atoms with E-state index in [1.165, 1.54) is 10.4 Å². The van der Waals surface area contributed by atoms with E-state index < -0.39 is 10.0 Å². The van der Waals surface area contributed by atoms with Crippen molar-refractivity contribution in [3.8, 4) is 0 Å². The van der Waals surface area contributed by atoms with Crippen LogP contribution >= 0.6 is 11.3 Å². The number of amides is 1. The maximum atomic E-state index is 12.5. The summed E-state index contributed by atoms with van der Waals surface area (Å²) in [5, 5.41) is 2.86. The van der Waals surface area contributed by atoms with Gasteiger partial charge in [0.1, 0.15) is 4.21 Å². The first-order valence-corrected chi connectivity index (χ1v) is 10.1. The zero-order chi connectivity index (χ0) is 17.3. The molecule has 24 heavy (non-hydrogen) atoms. The van der Waals surface area contributed by atoms with Gasteiger partial charge in [-0.25, -0.2) is 8.42 Å². The quantitative estimate of drug-likeness (QED) is 0.904. The summed E-state index contributed by atoms with van der Waals surface area (Å²) in [7, 11) is -3.47. The van der Waals surface area contributed by atoms with E-state index in [0.717, 1.165) is 41.0 Å². The molecule has 1 fully saturated rings. The Hall–Kier alpha value is -1.70. The van der Waals surface area contributed by atoms with Crippen LogP contribution in [0.5, 0.6) is 0 Å². The number of aryl methyl sites for hydroxylation is 2. The van der Waals surface area contributed by atoms with Gasteiger partial charge in [0.15, 0.2) is 0 Å². The third-order valence-electron chi connectivity index (χ3n) is 4.11. The number of hydrogen-bond donors (Lipinski definition) is 1. The molecule has 2 heterocycles. The van der Waals surface area contributed by atoms with E-state index in [2.05, 4.69) is 5.32 Å². The number of hydrogen-bond acceptors (Lipinski definition) is 4. The molecular formula is C17H20N2O3S2. The molecule has 1 aliphatic heterocycles. The fraction of sp³-hybridized carbons (Fsp3) is 0.353. The van der Waals surface area contributed by atoms with Crippen molar-refractivity contribution in [3.05, 3.63) is 46.3 Å². The Morgan fingerprint density at radius 2 is 1.83 bits per heavy atom. The van der Waals surface area contributed by atoms with Crippen LogP contribution in [0, 0.1) is 13.8 Å². The molecule has 0 radical (unpaired) electrons. The Bertz CT molecular complexity index is 866. The van der Waals surface area contributed by atoms with Crippen molar-refractivity contribution in [2.45, 2.75) is 30.9 Å². The van der Waals surface area contributed by atoms with Gasteiger partial charge in [0.2, 0.25) is 0 Å². The van der Waals surface area contributed by atoms with E-state index in [4.69, 9.17) is 0 Å². The van der Waals surface area contributed by atoms with Crippen LogP contribution in [0.2, 0.25) is 0 Å². The van der Waals surface area contributed by atoms with Crippen LogP contribution < -0.4 is 5.32 Å². The van der Waals surface area contributed by atoms with Crippen molar-refractivity contribution < 1.29 is 13.2 Å². The molecule has 0 spiro atoms. The van der Waals surface area contributed by atoms with E-state index in [0.29, 0.717) is 18.0 Å². The fourth-order valence-electron chi connectivity index (χ4n) is 2.69. The molecule has 7 heteroatoms. The summed E-state index contributed by atoms with van der Waals surface area (Å²) in [5.41, 5.74) is 2.77. The molecule has 2 aromatic rings. The smallest absolute Gasteiger partial charge is 0.265 e. The van der Waals surface area contributed by atoms with Crippen LogP contribution in [0.1, 0.15) is 33.6 Å². The molecule has 1 saturated heterocycles. The molecule has 3 rings (SSSR count). The van der Waals surface area contributed by atoms with E-state index >= 15 is 0 Å². The molecule has 0 aliphatic carbocycles. The van der Waals surface area contributed by atoms with Gasteiger partial charge in [0.25, 0.3) is 15.9 Å². The predicted molar refractivity (Wildman–Crippen MR) is 96.2 cm³/mol. The van der Waals surface area contributed by atoms with Crippen molar-refractivity contribution in [1.82, 2.24) is 4.31 Å². The zero-order valence-electron chi connectivity index (χ0n) is 13.7. The summed E-state index contributed by atoms with van der Waals surface area (Å²) < 4.78 is 26.8. The lowest BCUT2D eigenvalue weighted by Gasteiger charge is -2.13. The van der Waals surface area contributed by atoms with Gasteiger partial charge < -0.3 is 5.32 Å². The third kappa shape index (κ3) is 3.38. The largest absolute Gasteiger partial charge is 0.321 e. The Labute approximate surface area is 146 Å². The minimum absolute atomic E-state index is 0.232. The van der Waals surface area contributed by atoms with Gasteiger partial charge in [0, 0.05) is 18.8 Å². The Morgan fingerprint density at radius 3 is 2.54 bits per heavy atom. The summed E-state index contributed by atoms with van der Waals surface area (Å²) >= 11 is 1.02.